The van der Waals surface area contributed by atoms with Gasteiger partial charge in [0.2, 0.25) is 0 Å². The minimum absolute atomic E-state index is 0.0167. The van der Waals surface area contributed by atoms with Gasteiger partial charge in [-0.25, -0.2) is 9.98 Å². The number of para-hydroxylation sites is 1. The average molecular weight is 437 g/mol. The Morgan fingerprint density at radius 2 is 1.91 bits per heavy atom. The van der Waals surface area contributed by atoms with E-state index >= 15 is 0 Å². The second-order valence-electron chi connectivity index (χ2n) is 8.88. The van der Waals surface area contributed by atoms with E-state index in [4.69, 9.17) is 9.72 Å². The van der Waals surface area contributed by atoms with Crippen LogP contribution >= 0.6 is 0 Å². The zero-order valence-electron chi connectivity index (χ0n) is 18.8. The van der Waals surface area contributed by atoms with E-state index in [1.165, 1.54) is 7.11 Å². The van der Waals surface area contributed by atoms with Crippen LogP contribution < -0.4 is 5.32 Å². The van der Waals surface area contributed by atoms with Crippen LogP contribution in [0.25, 0.3) is 10.9 Å². The highest BCUT2D eigenvalue weighted by atomic mass is 16.5. The number of nitrogens with one attached hydrogen (secondary N) is 1. The molecule has 168 valence electrons. The Morgan fingerprint density at radius 1 is 1.22 bits per heavy atom. The van der Waals surface area contributed by atoms with E-state index in [0.717, 1.165) is 10.9 Å². The van der Waals surface area contributed by atoms with E-state index in [-0.39, 0.29) is 29.6 Å². The van der Waals surface area contributed by atoms with Gasteiger partial charge < -0.3 is 15.0 Å². The van der Waals surface area contributed by atoms with E-state index in [1.54, 1.807) is 11.8 Å². The molecule has 32 heavy (non-hydrogen) atoms. The Bertz CT molecular complexity index is 1120. The SMILES string of the molecule is COC(=O)C1CCN(C(=O)c2cc3ccccc3nc2C2=N[C@@](C)(C(C)C)C(=O)N2)CC1. The number of amides is 2. The van der Waals surface area contributed by atoms with Crippen LogP contribution in [0.4, 0.5) is 0 Å². The number of amidine groups is 1. The van der Waals surface area contributed by atoms with Crippen molar-refractivity contribution in [1.29, 1.82) is 0 Å². The summed E-state index contributed by atoms with van der Waals surface area (Å²) >= 11 is 0. The van der Waals surface area contributed by atoms with Crippen LogP contribution in [-0.4, -0.2) is 59.2 Å². The molecular formula is C24H28N4O4. The third-order valence-corrected chi connectivity index (χ3v) is 6.66. The van der Waals surface area contributed by atoms with Gasteiger partial charge in [0.25, 0.3) is 11.8 Å². The lowest BCUT2D eigenvalue weighted by atomic mass is 9.89. The van der Waals surface area contributed by atoms with Gasteiger partial charge in [0.05, 0.1) is 24.1 Å². The lowest BCUT2D eigenvalue weighted by Gasteiger charge is -2.31. The molecule has 0 bridgehead atoms. The van der Waals surface area contributed by atoms with Crippen LogP contribution in [-0.2, 0) is 14.3 Å². The highest BCUT2D eigenvalue weighted by Gasteiger charge is 2.43. The number of benzene rings is 1. The van der Waals surface area contributed by atoms with Crippen molar-refractivity contribution in [3.63, 3.8) is 0 Å². The van der Waals surface area contributed by atoms with E-state index in [1.807, 2.05) is 44.2 Å². The maximum absolute atomic E-state index is 13.5. The van der Waals surface area contributed by atoms with E-state index in [9.17, 15) is 14.4 Å². The van der Waals surface area contributed by atoms with Crippen LogP contribution in [0.15, 0.2) is 35.3 Å². The number of carbonyl (C=O) groups is 3. The summed E-state index contributed by atoms with van der Waals surface area (Å²) in [6.45, 7) is 6.58. The van der Waals surface area contributed by atoms with Crippen LogP contribution in [0.5, 0.6) is 0 Å². The number of carbonyl (C=O) groups excluding carboxylic acids is 3. The number of pyridine rings is 1. The molecule has 0 radical (unpaired) electrons. The minimum atomic E-state index is -0.915. The summed E-state index contributed by atoms with van der Waals surface area (Å²) in [5.74, 6) is -0.502. The summed E-state index contributed by atoms with van der Waals surface area (Å²) in [6, 6.07) is 9.36. The summed E-state index contributed by atoms with van der Waals surface area (Å²) in [4.78, 5) is 49.2. The van der Waals surface area contributed by atoms with Crippen LogP contribution in [0.2, 0.25) is 0 Å². The Hall–Kier alpha value is -3.29. The van der Waals surface area contributed by atoms with Crippen molar-refractivity contribution in [1.82, 2.24) is 15.2 Å². The number of aromatic nitrogens is 1. The Morgan fingerprint density at radius 3 is 2.53 bits per heavy atom. The van der Waals surface area contributed by atoms with Gasteiger partial charge in [-0.15, -0.1) is 0 Å². The molecule has 1 fully saturated rings. The quantitative estimate of drug-likeness (QED) is 0.743. The molecule has 2 aliphatic rings. The van der Waals surface area contributed by atoms with Crippen molar-refractivity contribution in [2.24, 2.45) is 16.8 Å². The van der Waals surface area contributed by atoms with Crippen LogP contribution in [0, 0.1) is 11.8 Å². The Labute approximate surface area is 187 Å². The number of hydrogen-bond donors (Lipinski definition) is 1. The first-order valence-electron chi connectivity index (χ1n) is 10.9. The van der Waals surface area contributed by atoms with Crippen molar-refractivity contribution in [3.8, 4) is 0 Å². The predicted molar refractivity (Wildman–Crippen MR) is 120 cm³/mol. The van der Waals surface area contributed by atoms with E-state index < -0.39 is 5.54 Å². The Kier molecular flexibility index (Phi) is 5.71. The minimum Gasteiger partial charge on any atom is -0.469 e. The van der Waals surface area contributed by atoms with Gasteiger partial charge in [0.15, 0.2) is 5.84 Å². The molecule has 0 aliphatic carbocycles. The number of methoxy groups -OCH3 is 1. The molecule has 1 N–H and O–H groups in total. The van der Waals surface area contributed by atoms with Gasteiger partial charge in [0, 0.05) is 18.5 Å². The van der Waals surface area contributed by atoms with Crippen LogP contribution in [0.3, 0.4) is 0 Å². The molecule has 8 nitrogen and oxygen atoms in total. The molecular weight excluding hydrogens is 408 g/mol. The zero-order valence-corrected chi connectivity index (χ0v) is 18.8. The normalized spacial score (nSPS) is 21.6. The molecule has 0 saturated carbocycles. The van der Waals surface area contributed by atoms with Crippen molar-refractivity contribution < 1.29 is 19.1 Å². The molecule has 3 heterocycles. The maximum atomic E-state index is 13.5. The molecule has 2 amide bonds. The molecule has 2 aromatic rings. The summed E-state index contributed by atoms with van der Waals surface area (Å²) < 4.78 is 4.85. The molecule has 0 unspecified atom stereocenters. The average Bonchev–Trinajstić information content (AvgIpc) is 3.12. The van der Waals surface area contributed by atoms with Crippen molar-refractivity contribution in [2.45, 2.75) is 39.2 Å². The topological polar surface area (TPSA) is 101 Å². The van der Waals surface area contributed by atoms with Gasteiger partial charge >= 0.3 is 5.97 Å². The lowest BCUT2D eigenvalue weighted by molar-refractivity contribution is -0.146. The first kappa shape index (κ1) is 21.9. The number of fused-ring (bicyclic) bond motifs is 1. The highest BCUT2D eigenvalue weighted by Crippen LogP contribution is 2.29. The van der Waals surface area contributed by atoms with Crippen molar-refractivity contribution >= 4 is 34.5 Å². The molecule has 0 spiro atoms. The molecule has 4 rings (SSSR count). The number of likely N-dealkylation sites (tertiary alicyclic amines) is 1. The van der Waals surface area contributed by atoms with Crippen molar-refractivity contribution in [3.05, 3.63) is 41.6 Å². The number of esters is 1. The standard InChI is InChI=1S/C24H28N4O4/c1-14(2)24(3)23(31)26-20(27-24)19-17(13-16-7-5-6-8-18(16)25-19)21(29)28-11-9-15(10-12-28)22(30)32-4/h5-8,13-15H,9-12H2,1-4H3,(H,26,27,31)/t24-/m0/s1. The summed E-state index contributed by atoms with van der Waals surface area (Å²) in [7, 11) is 1.38. The Balaban J connectivity index is 1.72. The first-order valence-corrected chi connectivity index (χ1v) is 10.9. The fourth-order valence-electron chi connectivity index (χ4n) is 4.16. The number of ether oxygens (including phenoxy) is 1. The molecule has 1 atom stereocenters. The first-order chi connectivity index (χ1) is 15.2. The fourth-order valence-corrected chi connectivity index (χ4v) is 4.16. The number of piperidine rings is 1. The third kappa shape index (κ3) is 3.74. The van der Waals surface area contributed by atoms with Gasteiger partial charge in [0.1, 0.15) is 11.2 Å². The summed E-state index contributed by atoms with van der Waals surface area (Å²) in [5.41, 5.74) is 0.578. The number of hydrogen-bond acceptors (Lipinski definition) is 6. The highest BCUT2D eigenvalue weighted by molar-refractivity contribution is 6.19. The van der Waals surface area contributed by atoms with Gasteiger partial charge in [-0.1, -0.05) is 32.0 Å². The van der Waals surface area contributed by atoms with Gasteiger partial charge in [-0.05, 0) is 37.8 Å². The lowest BCUT2D eigenvalue weighted by Crippen LogP contribution is -2.42. The van der Waals surface area contributed by atoms with Crippen molar-refractivity contribution in [2.75, 3.05) is 20.2 Å². The maximum Gasteiger partial charge on any atom is 0.308 e. The predicted octanol–water partition coefficient (Wildman–Crippen LogP) is 2.55. The van der Waals surface area contributed by atoms with Gasteiger partial charge in [-0.3, -0.25) is 14.4 Å². The number of aliphatic imine (C=N–C) groups is 1. The monoisotopic (exact) mass is 436 g/mol. The largest absolute Gasteiger partial charge is 0.469 e. The zero-order chi connectivity index (χ0) is 23.0. The second kappa shape index (κ2) is 8.33. The van der Waals surface area contributed by atoms with E-state index in [0.29, 0.717) is 43.0 Å². The number of nitrogens with zero attached hydrogens (tertiary/aromatic N) is 3. The second-order valence-corrected chi connectivity index (χ2v) is 8.88. The summed E-state index contributed by atoms with van der Waals surface area (Å²) in [5, 5.41) is 3.69. The molecule has 8 heteroatoms. The number of rotatable bonds is 4. The molecule has 2 aliphatic heterocycles. The smallest absolute Gasteiger partial charge is 0.308 e. The molecule has 1 aromatic carbocycles. The summed E-state index contributed by atoms with van der Waals surface area (Å²) in [6.07, 6.45) is 1.11. The molecule has 1 saturated heterocycles. The van der Waals surface area contributed by atoms with Gasteiger partial charge in [-0.2, -0.15) is 0 Å². The third-order valence-electron chi connectivity index (χ3n) is 6.66. The van der Waals surface area contributed by atoms with E-state index in [2.05, 4.69) is 10.3 Å². The fraction of sp³-hybridized carbons (Fsp3) is 0.458. The molecule has 1 aromatic heterocycles. The van der Waals surface area contributed by atoms with Crippen LogP contribution in [0.1, 0.15) is 49.7 Å².